The quantitative estimate of drug-likeness (QED) is 0.181. The zero-order valence-corrected chi connectivity index (χ0v) is 26.5. The standard InChI is InChI=1S/C37H33N7O4/c1-23-7-12-27(17-31(23)43-37-39-15-13-30(42-37)26-5-3-14-38-20-26)41-35(45)25-10-8-24(9-11-25)22-48-34-19-32-29(18-33(34)47-2)36(46)44-16-4-6-28(44)21-40-32/h3,5,7-15,17-21,28H,4,6,16,22H2,1-2H3,(H,41,45)(H,39,42,43)/t28-/m0/s1. The molecule has 4 heterocycles. The van der Waals surface area contributed by atoms with Gasteiger partial charge < -0.3 is 25.0 Å². The van der Waals surface area contributed by atoms with Gasteiger partial charge in [-0.05, 0) is 79.4 Å². The summed E-state index contributed by atoms with van der Waals surface area (Å²) in [6, 6.07) is 21.9. The third kappa shape index (κ3) is 6.43. The van der Waals surface area contributed by atoms with E-state index in [1.807, 2.05) is 66.6 Å². The Balaban J connectivity index is 1.000. The highest BCUT2D eigenvalue weighted by Gasteiger charge is 2.32. The van der Waals surface area contributed by atoms with Crippen molar-refractivity contribution < 1.29 is 19.1 Å². The molecule has 0 saturated carbocycles. The van der Waals surface area contributed by atoms with Gasteiger partial charge in [0.2, 0.25) is 5.95 Å². The number of fused-ring (bicyclic) bond motifs is 2. The fourth-order valence-corrected chi connectivity index (χ4v) is 5.79. The average molecular weight is 640 g/mol. The van der Waals surface area contributed by atoms with Crippen molar-refractivity contribution in [2.24, 2.45) is 4.99 Å². The lowest BCUT2D eigenvalue weighted by atomic mass is 10.1. The molecule has 2 aromatic heterocycles. The topological polar surface area (TPSA) is 131 Å². The van der Waals surface area contributed by atoms with E-state index in [4.69, 9.17) is 9.47 Å². The van der Waals surface area contributed by atoms with Crippen LogP contribution in [0.25, 0.3) is 11.3 Å². The normalized spacial score (nSPS) is 14.9. The summed E-state index contributed by atoms with van der Waals surface area (Å²) in [4.78, 5) is 45.9. The Labute approximate surface area is 277 Å². The lowest BCUT2D eigenvalue weighted by Crippen LogP contribution is -2.35. The van der Waals surface area contributed by atoms with Gasteiger partial charge in [-0.3, -0.25) is 19.6 Å². The maximum atomic E-state index is 13.2. The van der Waals surface area contributed by atoms with Crippen molar-refractivity contribution in [1.82, 2.24) is 19.9 Å². The summed E-state index contributed by atoms with van der Waals surface area (Å²) in [6.45, 7) is 2.93. The molecule has 48 heavy (non-hydrogen) atoms. The number of rotatable bonds is 9. The predicted molar refractivity (Wildman–Crippen MR) is 184 cm³/mol. The number of aliphatic imine (C=N–C) groups is 1. The second-order valence-electron chi connectivity index (χ2n) is 11.6. The summed E-state index contributed by atoms with van der Waals surface area (Å²) in [7, 11) is 1.55. The molecule has 2 aliphatic rings. The smallest absolute Gasteiger partial charge is 0.256 e. The number of amides is 2. The van der Waals surface area contributed by atoms with Gasteiger partial charge in [-0.15, -0.1) is 0 Å². The summed E-state index contributed by atoms with van der Waals surface area (Å²) in [5.41, 5.74) is 6.44. The number of anilines is 3. The van der Waals surface area contributed by atoms with E-state index in [0.717, 1.165) is 47.5 Å². The molecule has 0 radical (unpaired) electrons. The molecule has 0 spiro atoms. The second kappa shape index (κ2) is 13.3. The van der Waals surface area contributed by atoms with Crippen LogP contribution < -0.4 is 20.1 Å². The van der Waals surface area contributed by atoms with Gasteiger partial charge in [0.25, 0.3) is 11.8 Å². The minimum Gasteiger partial charge on any atom is -0.493 e. The Bertz CT molecular complexity index is 2020. The van der Waals surface area contributed by atoms with Gasteiger partial charge in [-0.25, -0.2) is 9.97 Å². The number of benzene rings is 3. The monoisotopic (exact) mass is 639 g/mol. The van der Waals surface area contributed by atoms with Crippen molar-refractivity contribution in [2.75, 3.05) is 24.3 Å². The molecule has 2 aliphatic heterocycles. The lowest BCUT2D eigenvalue weighted by molar-refractivity contribution is 0.0774. The Kier molecular flexibility index (Phi) is 8.48. The first-order valence-corrected chi connectivity index (χ1v) is 15.7. The molecule has 1 saturated heterocycles. The van der Waals surface area contributed by atoms with Crippen LogP contribution in [0.15, 0.2) is 96.4 Å². The third-order valence-electron chi connectivity index (χ3n) is 8.42. The minimum atomic E-state index is -0.248. The number of methoxy groups -OCH3 is 1. The number of carbonyl (C=O) groups excluding carboxylic acids is 2. The molecule has 3 aromatic carbocycles. The van der Waals surface area contributed by atoms with Crippen LogP contribution in [0, 0.1) is 6.92 Å². The summed E-state index contributed by atoms with van der Waals surface area (Å²) in [5.74, 6) is 1.10. The molecule has 1 atom stereocenters. The summed E-state index contributed by atoms with van der Waals surface area (Å²) >= 11 is 0. The van der Waals surface area contributed by atoms with Crippen molar-refractivity contribution in [3.63, 3.8) is 0 Å². The van der Waals surface area contributed by atoms with Crippen LogP contribution in [-0.2, 0) is 6.61 Å². The lowest BCUT2D eigenvalue weighted by Gasteiger charge is -2.20. The Morgan fingerprint density at radius 1 is 1.02 bits per heavy atom. The fourth-order valence-electron chi connectivity index (χ4n) is 5.79. The first kappa shape index (κ1) is 30.5. The highest BCUT2D eigenvalue weighted by molar-refractivity contribution is 6.05. The van der Waals surface area contributed by atoms with Crippen molar-refractivity contribution >= 4 is 41.0 Å². The molecule has 11 nitrogen and oxygen atoms in total. The molecule has 5 aromatic rings. The zero-order chi connectivity index (χ0) is 33.0. The second-order valence-corrected chi connectivity index (χ2v) is 11.6. The summed E-state index contributed by atoms with van der Waals surface area (Å²) < 4.78 is 11.7. The fraction of sp³-hybridized carbons (Fsp3) is 0.189. The first-order valence-electron chi connectivity index (χ1n) is 15.7. The molecule has 0 unspecified atom stereocenters. The number of hydrogen-bond acceptors (Lipinski definition) is 9. The van der Waals surface area contributed by atoms with Crippen LogP contribution in [0.5, 0.6) is 11.5 Å². The van der Waals surface area contributed by atoms with Crippen LogP contribution in [0.1, 0.15) is 44.7 Å². The largest absolute Gasteiger partial charge is 0.493 e. The van der Waals surface area contributed by atoms with E-state index in [-0.39, 0.29) is 24.5 Å². The molecule has 7 rings (SSSR count). The molecule has 2 N–H and O–H groups in total. The minimum absolute atomic E-state index is 0.0245. The van der Waals surface area contributed by atoms with Crippen molar-refractivity contribution in [1.29, 1.82) is 0 Å². The molecule has 0 bridgehead atoms. The van der Waals surface area contributed by atoms with E-state index >= 15 is 0 Å². The number of hydrogen-bond donors (Lipinski definition) is 2. The molecular weight excluding hydrogens is 606 g/mol. The SMILES string of the molecule is COc1cc2c(cc1OCc1ccc(C(=O)Nc3ccc(C)c(Nc4nccc(-c5cccnc5)n4)c3)cc1)N=C[C@@H]1CCCN1C2=O. The zero-order valence-electron chi connectivity index (χ0n) is 26.5. The number of pyridine rings is 1. The van der Waals surface area contributed by atoms with E-state index in [1.54, 1.807) is 50.0 Å². The molecule has 2 amide bonds. The first-order chi connectivity index (χ1) is 23.4. The van der Waals surface area contributed by atoms with Gasteiger partial charge in [-0.2, -0.15) is 0 Å². The van der Waals surface area contributed by atoms with Crippen molar-refractivity contribution in [3.8, 4) is 22.8 Å². The number of nitrogens with zero attached hydrogens (tertiary/aromatic N) is 5. The molecule has 0 aliphatic carbocycles. The highest BCUT2D eigenvalue weighted by atomic mass is 16.5. The third-order valence-corrected chi connectivity index (χ3v) is 8.42. The number of carbonyl (C=O) groups is 2. The van der Waals surface area contributed by atoms with Gasteiger partial charge in [-0.1, -0.05) is 18.2 Å². The summed E-state index contributed by atoms with van der Waals surface area (Å²) in [6.07, 6.45) is 8.90. The van der Waals surface area contributed by atoms with Crippen LogP contribution in [0.2, 0.25) is 0 Å². The van der Waals surface area contributed by atoms with E-state index in [1.165, 1.54) is 0 Å². The average Bonchev–Trinajstić information content (AvgIpc) is 3.55. The van der Waals surface area contributed by atoms with Gasteiger partial charge in [0.05, 0.1) is 30.1 Å². The van der Waals surface area contributed by atoms with Crippen molar-refractivity contribution in [2.45, 2.75) is 32.4 Å². The van der Waals surface area contributed by atoms with Crippen LogP contribution in [0.4, 0.5) is 23.0 Å². The maximum Gasteiger partial charge on any atom is 0.256 e. The van der Waals surface area contributed by atoms with Gasteiger partial charge >= 0.3 is 0 Å². The van der Waals surface area contributed by atoms with Gasteiger partial charge in [0.1, 0.15) is 6.61 Å². The molecule has 11 heteroatoms. The van der Waals surface area contributed by atoms with E-state index < -0.39 is 0 Å². The van der Waals surface area contributed by atoms with Crippen LogP contribution in [-0.4, -0.2) is 57.6 Å². The predicted octanol–water partition coefficient (Wildman–Crippen LogP) is 6.75. The Morgan fingerprint density at radius 3 is 2.71 bits per heavy atom. The number of ether oxygens (including phenoxy) is 2. The Morgan fingerprint density at radius 2 is 1.90 bits per heavy atom. The van der Waals surface area contributed by atoms with Crippen molar-refractivity contribution in [3.05, 3.63) is 114 Å². The molecule has 1 fully saturated rings. The molecule has 240 valence electrons. The van der Waals surface area contributed by atoms with Gasteiger partial charge in [0.15, 0.2) is 11.5 Å². The van der Waals surface area contributed by atoms with Gasteiger partial charge in [0, 0.05) is 59.9 Å². The summed E-state index contributed by atoms with van der Waals surface area (Å²) in [5, 5.41) is 6.24. The van der Waals surface area contributed by atoms with Crippen LogP contribution >= 0.6 is 0 Å². The Hall–Kier alpha value is -6.10. The number of aryl methyl sites for hydroxylation is 1. The maximum absolute atomic E-state index is 13.2. The number of nitrogens with one attached hydrogen (secondary N) is 2. The number of aromatic nitrogens is 3. The van der Waals surface area contributed by atoms with E-state index in [9.17, 15) is 9.59 Å². The van der Waals surface area contributed by atoms with Crippen LogP contribution in [0.3, 0.4) is 0 Å². The van der Waals surface area contributed by atoms with E-state index in [2.05, 4.69) is 30.6 Å². The molecular formula is C37H33N7O4. The van der Waals surface area contributed by atoms with E-state index in [0.29, 0.717) is 39.9 Å². The highest BCUT2D eigenvalue weighted by Crippen LogP contribution is 2.38.